The first-order chi connectivity index (χ1) is 9.68. The highest BCUT2D eigenvalue weighted by molar-refractivity contribution is 5.49. The van der Waals surface area contributed by atoms with Gasteiger partial charge in [-0.25, -0.2) is 0 Å². The molecule has 0 aromatic heterocycles. The van der Waals surface area contributed by atoms with Crippen molar-refractivity contribution in [2.75, 3.05) is 5.73 Å². The Bertz CT molecular complexity index is 566. The van der Waals surface area contributed by atoms with E-state index < -0.39 is 11.6 Å². The van der Waals surface area contributed by atoms with Crippen LogP contribution in [0.25, 0.3) is 0 Å². The lowest BCUT2D eigenvalue weighted by Gasteiger charge is -2.55. The predicted octanol–water partition coefficient (Wildman–Crippen LogP) is 4.84. The number of nitrogen functional groups attached to an aromatic ring is 1. The van der Waals surface area contributed by atoms with Gasteiger partial charge in [0, 0.05) is 5.69 Å². The largest absolute Gasteiger partial charge is 0.399 e. The lowest BCUT2D eigenvalue weighted by molar-refractivity contribution is -0.257. The van der Waals surface area contributed by atoms with Crippen molar-refractivity contribution >= 4 is 5.69 Å². The van der Waals surface area contributed by atoms with E-state index in [1.807, 2.05) is 25.1 Å². The Balaban J connectivity index is 2.11. The molecular weight excluding hydrogens is 275 g/mol. The number of hydrogen-bond acceptors (Lipinski definition) is 1. The van der Waals surface area contributed by atoms with Gasteiger partial charge in [-0.05, 0) is 60.3 Å². The smallest absolute Gasteiger partial charge is 0.394 e. The maximum absolute atomic E-state index is 13.7. The third kappa shape index (κ3) is 1.98. The van der Waals surface area contributed by atoms with Crippen molar-refractivity contribution in [1.82, 2.24) is 0 Å². The minimum atomic E-state index is -4.13. The number of halogens is 3. The van der Waals surface area contributed by atoms with E-state index in [2.05, 4.69) is 0 Å². The zero-order chi connectivity index (χ0) is 15.5. The molecular formula is C17H22F3N. The Labute approximate surface area is 123 Å². The van der Waals surface area contributed by atoms with Crippen LogP contribution in [-0.2, 0) is 11.8 Å². The van der Waals surface area contributed by atoms with Crippen molar-refractivity contribution in [3.8, 4) is 0 Å². The molecule has 1 fully saturated rings. The van der Waals surface area contributed by atoms with Crippen molar-refractivity contribution in [3.63, 3.8) is 0 Å². The van der Waals surface area contributed by atoms with Crippen LogP contribution in [0.4, 0.5) is 18.9 Å². The van der Waals surface area contributed by atoms with E-state index in [1.54, 1.807) is 0 Å². The molecule has 1 aromatic carbocycles. The van der Waals surface area contributed by atoms with Gasteiger partial charge >= 0.3 is 6.18 Å². The summed E-state index contributed by atoms with van der Waals surface area (Å²) < 4.78 is 41.1. The number of hydrogen-bond donors (Lipinski definition) is 1. The van der Waals surface area contributed by atoms with Gasteiger partial charge in [-0.2, -0.15) is 13.2 Å². The zero-order valence-electron chi connectivity index (χ0n) is 12.6. The highest BCUT2D eigenvalue weighted by Crippen LogP contribution is 2.62. The SMILES string of the molecule is CC1(C(F)(F)F)CCC[C@@]2(C)c3ccc(N)cc3CCC12. The van der Waals surface area contributed by atoms with Gasteiger partial charge in [0.2, 0.25) is 0 Å². The molecule has 2 N–H and O–H groups in total. The summed E-state index contributed by atoms with van der Waals surface area (Å²) in [5, 5.41) is 0. The van der Waals surface area contributed by atoms with Crippen LogP contribution in [-0.4, -0.2) is 6.18 Å². The van der Waals surface area contributed by atoms with Crippen molar-refractivity contribution in [2.24, 2.45) is 11.3 Å². The topological polar surface area (TPSA) is 26.0 Å². The third-order valence-electron chi connectivity index (χ3n) is 6.02. The average molecular weight is 297 g/mol. The van der Waals surface area contributed by atoms with E-state index in [9.17, 15) is 13.2 Å². The molecule has 1 nitrogen and oxygen atoms in total. The predicted molar refractivity (Wildman–Crippen MR) is 78.0 cm³/mol. The van der Waals surface area contributed by atoms with Gasteiger partial charge in [0.15, 0.2) is 0 Å². The van der Waals surface area contributed by atoms with Crippen LogP contribution in [0.3, 0.4) is 0 Å². The molecule has 0 bridgehead atoms. The second-order valence-corrected chi connectivity index (χ2v) is 7.19. The molecule has 0 heterocycles. The Morgan fingerprint density at radius 1 is 1.19 bits per heavy atom. The van der Waals surface area contributed by atoms with Gasteiger partial charge in [-0.1, -0.05) is 26.3 Å². The highest BCUT2D eigenvalue weighted by atomic mass is 19.4. The Kier molecular flexibility index (Phi) is 3.09. The maximum Gasteiger partial charge on any atom is 0.394 e. The molecule has 3 rings (SSSR count). The van der Waals surface area contributed by atoms with E-state index in [0.717, 1.165) is 17.5 Å². The summed E-state index contributed by atoms with van der Waals surface area (Å²) in [5.74, 6) is -0.338. The van der Waals surface area contributed by atoms with Crippen LogP contribution in [0, 0.1) is 11.3 Å². The van der Waals surface area contributed by atoms with Gasteiger partial charge in [0.05, 0.1) is 5.41 Å². The number of alkyl halides is 3. The Morgan fingerprint density at radius 3 is 2.57 bits per heavy atom. The molecule has 2 aliphatic carbocycles. The summed E-state index contributed by atoms with van der Waals surface area (Å²) in [7, 11) is 0. The zero-order valence-corrected chi connectivity index (χ0v) is 12.6. The van der Waals surface area contributed by atoms with Crippen LogP contribution < -0.4 is 5.73 Å². The van der Waals surface area contributed by atoms with Crippen LogP contribution in [0.2, 0.25) is 0 Å². The number of rotatable bonds is 0. The molecule has 3 atom stereocenters. The fraction of sp³-hybridized carbons (Fsp3) is 0.647. The molecule has 2 aliphatic rings. The van der Waals surface area contributed by atoms with Gasteiger partial charge in [-0.15, -0.1) is 0 Å². The summed E-state index contributed by atoms with van der Waals surface area (Å²) in [5.41, 5.74) is 6.80. The first-order valence-electron chi connectivity index (χ1n) is 7.64. The lowest BCUT2D eigenvalue weighted by atomic mass is 9.49. The average Bonchev–Trinajstić information content (AvgIpc) is 2.36. The van der Waals surface area contributed by atoms with Gasteiger partial charge < -0.3 is 5.73 Å². The molecule has 0 saturated heterocycles. The van der Waals surface area contributed by atoms with Crippen molar-refractivity contribution in [1.29, 1.82) is 0 Å². The fourth-order valence-electron chi connectivity index (χ4n) is 4.85. The quantitative estimate of drug-likeness (QED) is 0.681. The van der Waals surface area contributed by atoms with Gasteiger partial charge in [0.1, 0.15) is 0 Å². The summed E-state index contributed by atoms with van der Waals surface area (Å²) in [6, 6.07) is 5.72. The molecule has 1 aromatic rings. The Morgan fingerprint density at radius 2 is 1.90 bits per heavy atom. The van der Waals surface area contributed by atoms with E-state index in [-0.39, 0.29) is 17.8 Å². The molecule has 2 unspecified atom stereocenters. The lowest BCUT2D eigenvalue weighted by Crippen LogP contribution is -2.55. The minimum Gasteiger partial charge on any atom is -0.399 e. The molecule has 0 spiro atoms. The van der Waals surface area contributed by atoms with Gasteiger partial charge in [0.25, 0.3) is 0 Å². The van der Waals surface area contributed by atoms with Crippen LogP contribution in [0.5, 0.6) is 0 Å². The second kappa shape index (κ2) is 4.40. The van der Waals surface area contributed by atoms with E-state index in [0.29, 0.717) is 24.9 Å². The molecule has 0 aliphatic heterocycles. The normalized spacial score (nSPS) is 36.0. The maximum atomic E-state index is 13.7. The molecule has 0 radical (unpaired) electrons. The molecule has 116 valence electrons. The molecule has 0 amide bonds. The van der Waals surface area contributed by atoms with Crippen LogP contribution in [0.15, 0.2) is 18.2 Å². The second-order valence-electron chi connectivity index (χ2n) is 7.19. The number of nitrogens with two attached hydrogens (primary N) is 1. The summed E-state index contributed by atoms with van der Waals surface area (Å²) in [6.07, 6.45) is -1.12. The third-order valence-corrected chi connectivity index (χ3v) is 6.02. The summed E-state index contributed by atoms with van der Waals surface area (Å²) in [4.78, 5) is 0. The number of anilines is 1. The minimum absolute atomic E-state index is 0.251. The fourth-order valence-corrected chi connectivity index (χ4v) is 4.85. The first-order valence-corrected chi connectivity index (χ1v) is 7.64. The van der Waals surface area contributed by atoms with Crippen molar-refractivity contribution < 1.29 is 13.2 Å². The highest BCUT2D eigenvalue weighted by Gasteiger charge is 2.62. The monoisotopic (exact) mass is 297 g/mol. The number of fused-ring (bicyclic) bond motifs is 3. The number of aryl methyl sites for hydroxylation is 1. The van der Waals surface area contributed by atoms with Gasteiger partial charge in [-0.3, -0.25) is 0 Å². The van der Waals surface area contributed by atoms with Crippen molar-refractivity contribution in [2.45, 2.75) is 57.5 Å². The van der Waals surface area contributed by atoms with E-state index in [1.165, 1.54) is 6.92 Å². The Hall–Kier alpha value is -1.19. The molecule has 4 heteroatoms. The number of benzene rings is 1. The summed E-state index contributed by atoms with van der Waals surface area (Å²) in [6.45, 7) is 3.45. The van der Waals surface area contributed by atoms with Crippen LogP contribution in [0.1, 0.15) is 50.7 Å². The van der Waals surface area contributed by atoms with Crippen LogP contribution >= 0.6 is 0 Å². The van der Waals surface area contributed by atoms with Crippen molar-refractivity contribution in [3.05, 3.63) is 29.3 Å². The standard InChI is InChI=1S/C17H22F3N/c1-15-8-3-9-16(2,17(18,19)20)14(15)7-4-11-10-12(21)5-6-13(11)15/h5-6,10,14H,3-4,7-9,21H2,1-2H3/t14?,15-,16?/m0/s1. The molecule has 21 heavy (non-hydrogen) atoms. The first kappa shape index (κ1) is 14.7. The van der Waals surface area contributed by atoms with E-state index in [4.69, 9.17) is 5.73 Å². The summed E-state index contributed by atoms with van der Waals surface area (Å²) >= 11 is 0. The molecule has 1 saturated carbocycles. The van der Waals surface area contributed by atoms with E-state index >= 15 is 0 Å².